The van der Waals surface area contributed by atoms with Crippen molar-refractivity contribution in [2.75, 3.05) is 6.54 Å². The Labute approximate surface area is 115 Å². The normalized spacial score (nSPS) is 17.4. The molecule has 100 valence electrons. The number of benzene rings is 1. The highest BCUT2D eigenvalue weighted by molar-refractivity contribution is 5.85. The predicted octanol–water partition coefficient (Wildman–Crippen LogP) is 2.27. The molecule has 1 aliphatic rings. The van der Waals surface area contributed by atoms with E-state index in [1.54, 1.807) is 0 Å². The molecule has 0 heterocycles. The maximum atomic E-state index is 11.9. The second kappa shape index (κ2) is 6.76. The third kappa shape index (κ3) is 4.00. The molecule has 0 aromatic heterocycles. The third-order valence-corrected chi connectivity index (χ3v) is 3.40. The fourth-order valence-electron chi connectivity index (χ4n) is 1.85. The number of amides is 1. The number of rotatable bonds is 5. The number of hydrogen-bond acceptors (Lipinski definition) is 2. The SMILES string of the molecule is CC(C(=O)NCC1CC1)C(N)c1ccccc1.Cl. The Bertz CT molecular complexity index is 379. The summed E-state index contributed by atoms with van der Waals surface area (Å²) in [6.07, 6.45) is 2.50. The second-order valence-electron chi connectivity index (χ2n) is 4.91. The monoisotopic (exact) mass is 268 g/mol. The number of carbonyl (C=O) groups excluding carboxylic acids is 1. The van der Waals surface area contributed by atoms with Gasteiger partial charge in [0, 0.05) is 12.6 Å². The molecule has 2 rings (SSSR count). The summed E-state index contributed by atoms with van der Waals surface area (Å²) in [4.78, 5) is 11.9. The van der Waals surface area contributed by atoms with E-state index in [0.717, 1.165) is 12.1 Å². The molecule has 2 atom stereocenters. The largest absolute Gasteiger partial charge is 0.356 e. The summed E-state index contributed by atoms with van der Waals surface area (Å²) in [5.41, 5.74) is 7.12. The van der Waals surface area contributed by atoms with E-state index in [1.165, 1.54) is 12.8 Å². The van der Waals surface area contributed by atoms with Gasteiger partial charge in [-0.2, -0.15) is 0 Å². The highest BCUT2D eigenvalue weighted by Crippen LogP contribution is 2.28. The number of nitrogens with one attached hydrogen (secondary N) is 1. The van der Waals surface area contributed by atoms with Crippen LogP contribution in [0.5, 0.6) is 0 Å². The molecule has 2 unspecified atom stereocenters. The van der Waals surface area contributed by atoms with Crippen LogP contribution in [-0.2, 0) is 4.79 Å². The van der Waals surface area contributed by atoms with Crippen LogP contribution in [0.3, 0.4) is 0 Å². The minimum absolute atomic E-state index is 0. The van der Waals surface area contributed by atoms with Gasteiger partial charge in [-0.15, -0.1) is 12.4 Å². The van der Waals surface area contributed by atoms with Crippen molar-refractivity contribution in [3.8, 4) is 0 Å². The summed E-state index contributed by atoms with van der Waals surface area (Å²) in [6.45, 7) is 2.70. The molecule has 3 nitrogen and oxygen atoms in total. The summed E-state index contributed by atoms with van der Waals surface area (Å²) >= 11 is 0. The Hall–Kier alpha value is -1.06. The van der Waals surface area contributed by atoms with Crippen molar-refractivity contribution in [3.05, 3.63) is 35.9 Å². The Morgan fingerprint density at radius 2 is 2.00 bits per heavy atom. The van der Waals surface area contributed by atoms with Crippen molar-refractivity contribution in [1.82, 2.24) is 5.32 Å². The number of hydrogen-bond donors (Lipinski definition) is 2. The molecule has 1 aromatic carbocycles. The molecule has 1 fully saturated rings. The van der Waals surface area contributed by atoms with E-state index in [9.17, 15) is 4.79 Å². The molecule has 1 aliphatic carbocycles. The number of nitrogens with two attached hydrogens (primary N) is 1. The van der Waals surface area contributed by atoms with Crippen LogP contribution < -0.4 is 11.1 Å². The summed E-state index contributed by atoms with van der Waals surface area (Å²) < 4.78 is 0. The lowest BCUT2D eigenvalue weighted by molar-refractivity contribution is -0.125. The Morgan fingerprint density at radius 1 is 1.39 bits per heavy atom. The maximum absolute atomic E-state index is 11.9. The Kier molecular flexibility index (Phi) is 5.63. The zero-order valence-corrected chi connectivity index (χ0v) is 11.5. The molecule has 3 N–H and O–H groups in total. The van der Waals surface area contributed by atoms with Gasteiger partial charge >= 0.3 is 0 Å². The van der Waals surface area contributed by atoms with E-state index in [4.69, 9.17) is 5.73 Å². The van der Waals surface area contributed by atoms with Gasteiger partial charge in [-0.3, -0.25) is 4.79 Å². The van der Waals surface area contributed by atoms with Gasteiger partial charge in [0.15, 0.2) is 0 Å². The lowest BCUT2D eigenvalue weighted by atomic mass is 9.94. The molecule has 1 aromatic rings. The quantitative estimate of drug-likeness (QED) is 0.861. The smallest absolute Gasteiger partial charge is 0.224 e. The zero-order chi connectivity index (χ0) is 12.3. The Morgan fingerprint density at radius 3 is 2.56 bits per heavy atom. The topological polar surface area (TPSA) is 55.1 Å². The first-order valence-electron chi connectivity index (χ1n) is 6.26. The summed E-state index contributed by atoms with van der Waals surface area (Å²) in [5, 5.41) is 2.98. The first-order valence-corrected chi connectivity index (χ1v) is 6.26. The van der Waals surface area contributed by atoms with Gasteiger partial charge in [-0.25, -0.2) is 0 Å². The zero-order valence-electron chi connectivity index (χ0n) is 10.6. The average Bonchev–Trinajstić information content (AvgIpc) is 3.19. The number of halogens is 1. The summed E-state index contributed by atoms with van der Waals surface area (Å²) in [6, 6.07) is 9.56. The average molecular weight is 269 g/mol. The van der Waals surface area contributed by atoms with Gasteiger partial charge in [0.05, 0.1) is 5.92 Å². The van der Waals surface area contributed by atoms with Crippen LogP contribution in [0.25, 0.3) is 0 Å². The molecule has 0 bridgehead atoms. The standard InChI is InChI=1S/C14H20N2O.ClH/c1-10(14(17)16-9-11-7-8-11)13(15)12-5-3-2-4-6-12;/h2-6,10-11,13H,7-9,15H2,1H3,(H,16,17);1H. The highest BCUT2D eigenvalue weighted by Gasteiger charge is 2.25. The van der Waals surface area contributed by atoms with Crippen molar-refractivity contribution in [2.24, 2.45) is 17.6 Å². The van der Waals surface area contributed by atoms with Crippen LogP contribution in [0, 0.1) is 11.8 Å². The maximum Gasteiger partial charge on any atom is 0.224 e. The Balaban J connectivity index is 0.00000162. The summed E-state index contributed by atoms with van der Waals surface area (Å²) in [7, 11) is 0. The van der Waals surface area contributed by atoms with Crippen LogP contribution in [-0.4, -0.2) is 12.5 Å². The van der Waals surface area contributed by atoms with E-state index in [1.807, 2.05) is 37.3 Å². The highest BCUT2D eigenvalue weighted by atomic mass is 35.5. The molecule has 18 heavy (non-hydrogen) atoms. The van der Waals surface area contributed by atoms with Crippen LogP contribution in [0.4, 0.5) is 0 Å². The van der Waals surface area contributed by atoms with Gasteiger partial charge in [-0.05, 0) is 24.3 Å². The van der Waals surface area contributed by atoms with Gasteiger partial charge in [0.2, 0.25) is 5.91 Å². The minimum Gasteiger partial charge on any atom is -0.356 e. The summed E-state index contributed by atoms with van der Waals surface area (Å²) in [5.74, 6) is 0.587. The van der Waals surface area contributed by atoms with E-state index < -0.39 is 0 Å². The van der Waals surface area contributed by atoms with Crippen LogP contribution in [0.15, 0.2) is 30.3 Å². The molecular weight excluding hydrogens is 248 g/mol. The van der Waals surface area contributed by atoms with Crippen LogP contribution in [0.1, 0.15) is 31.4 Å². The molecule has 4 heteroatoms. The molecule has 0 saturated heterocycles. The number of carbonyl (C=O) groups is 1. The predicted molar refractivity (Wildman–Crippen MR) is 75.5 cm³/mol. The van der Waals surface area contributed by atoms with Crippen LogP contribution >= 0.6 is 12.4 Å². The van der Waals surface area contributed by atoms with Gasteiger partial charge in [-0.1, -0.05) is 37.3 Å². The molecule has 0 radical (unpaired) electrons. The molecular formula is C14H21ClN2O. The fourth-order valence-corrected chi connectivity index (χ4v) is 1.85. The molecule has 1 amide bonds. The first-order chi connectivity index (χ1) is 8.18. The van der Waals surface area contributed by atoms with Gasteiger partial charge in [0.1, 0.15) is 0 Å². The van der Waals surface area contributed by atoms with Crippen LogP contribution in [0.2, 0.25) is 0 Å². The fraction of sp³-hybridized carbons (Fsp3) is 0.500. The van der Waals surface area contributed by atoms with E-state index >= 15 is 0 Å². The van der Waals surface area contributed by atoms with Gasteiger partial charge < -0.3 is 11.1 Å². The van der Waals surface area contributed by atoms with Crippen molar-refractivity contribution < 1.29 is 4.79 Å². The lowest BCUT2D eigenvalue weighted by Crippen LogP contribution is -2.36. The van der Waals surface area contributed by atoms with Gasteiger partial charge in [0.25, 0.3) is 0 Å². The molecule has 0 aliphatic heterocycles. The lowest BCUT2D eigenvalue weighted by Gasteiger charge is -2.19. The van der Waals surface area contributed by atoms with E-state index in [2.05, 4.69) is 5.32 Å². The minimum atomic E-state index is -0.226. The third-order valence-electron chi connectivity index (χ3n) is 3.40. The van der Waals surface area contributed by atoms with Crippen molar-refractivity contribution >= 4 is 18.3 Å². The molecule has 1 saturated carbocycles. The van der Waals surface area contributed by atoms with Crippen molar-refractivity contribution in [2.45, 2.75) is 25.8 Å². The first kappa shape index (κ1) is 15.0. The molecule has 0 spiro atoms. The van der Waals surface area contributed by atoms with E-state index in [0.29, 0.717) is 5.92 Å². The van der Waals surface area contributed by atoms with Crippen molar-refractivity contribution in [1.29, 1.82) is 0 Å². The van der Waals surface area contributed by atoms with E-state index in [-0.39, 0.29) is 30.3 Å². The second-order valence-corrected chi connectivity index (χ2v) is 4.91. The van der Waals surface area contributed by atoms with Crippen molar-refractivity contribution in [3.63, 3.8) is 0 Å².